The van der Waals surface area contributed by atoms with Crippen molar-refractivity contribution in [3.8, 4) is 5.69 Å². The molecule has 10 nitrogen and oxygen atoms in total. The van der Waals surface area contributed by atoms with E-state index in [4.69, 9.17) is 9.52 Å². The number of aryl methyl sites for hydroxylation is 3. The van der Waals surface area contributed by atoms with Gasteiger partial charge >= 0.3 is 0 Å². The van der Waals surface area contributed by atoms with Crippen molar-refractivity contribution < 1.29 is 19.1 Å². The third-order valence-electron chi connectivity index (χ3n) is 8.68. The van der Waals surface area contributed by atoms with Gasteiger partial charge in [0.15, 0.2) is 11.6 Å². The van der Waals surface area contributed by atoms with Crippen molar-refractivity contribution in [1.82, 2.24) is 24.6 Å². The highest BCUT2D eigenvalue weighted by Crippen LogP contribution is 2.29. The van der Waals surface area contributed by atoms with E-state index in [9.17, 15) is 14.7 Å². The Morgan fingerprint density at radius 1 is 1.02 bits per heavy atom. The first-order chi connectivity index (χ1) is 22.2. The first kappa shape index (κ1) is 33.1. The average Bonchev–Trinajstić information content (AvgIpc) is 3.61. The summed E-state index contributed by atoms with van der Waals surface area (Å²) < 4.78 is 7.38. The predicted octanol–water partition coefficient (Wildman–Crippen LogP) is 6.00. The Balaban J connectivity index is 1.50. The van der Waals surface area contributed by atoms with Gasteiger partial charge < -0.3 is 19.7 Å². The summed E-state index contributed by atoms with van der Waals surface area (Å²) in [5.74, 6) is 0.179. The quantitative estimate of drug-likeness (QED) is 0.187. The zero-order valence-corrected chi connectivity index (χ0v) is 27.7. The molecular formula is C36H46N6O4. The fourth-order valence-corrected chi connectivity index (χ4v) is 6.15. The minimum absolute atomic E-state index is 0.0228. The van der Waals surface area contributed by atoms with Gasteiger partial charge in [-0.1, -0.05) is 51.0 Å². The number of unbranched alkanes of at least 4 members (excludes halogenated alkanes) is 2. The number of nitrogens with zero attached hydrogens (tertiary/aromatic N) is 5. The lowest BCUT2D eigenvalue weighted by Crippen LogP contribution is -2.42. The second kappa shape index (κ2) is 14.9. The van der Waals surface area contributed by atoms with Gasteiger partial charge in [-0.05, 0) is 74.1 Å². The molecule has 2 amide bonds. The summed E-state index contributed by atoms with van der Waals surface area (Å²) in [7, 11) is 0. The molecular weight excluding hydrogens is 580 g/mol. The van der Waals surface area contributed by atoms with Gasteiger partial charge in [-0.15, -0.1) is 0 Å². The van der Waals surface area contributed by atoms with E-state index in [1.165, 1.54) is 11.1 Å². The number of nitrogens with one attached hydrogen (secondary N) is 1. The minimum atomic E-state index is -0.376. The molecule has 244 valence electrons. The summed E-state index contributed by atoms with van der Waals surface area (Å²) in [6.07, 6.45) is 4.67. The maximum Gasteiger partial charge on any atom is 0.293 e. The Morgan fingerprint density at radius 3 is 2.39 bits per heavy atom. The first-order valence-corrected chi connectivity index (χ1v) is 16.4. The number of anilines is 1. The van der Waals surface area contributed by atoms with Crippen LogP contribution in [-0.4, -0.2) is 67.2 Å². The molecule has 0 spiro atoms. The molecule has 46 heavy (non-hydrogen) atoms. The van der Waals surface area contributed by atoms with Crippen LogP contribution in [0.5, 0.6) is 0 Å². The monoisotopic (exact) mass is 626 g/mol. The van der Waals surface area contributed by atoms with Crippen LogP contribution in [-0.2, 0) is 19.5 Å². The number of benzene rings is 2. The molecule has 1 aliphatic rings. The van der Waals surface area contributed by atoms with Gasteiger partial charge in [-0.2, -0.15) is 5.10 Å². The van der Waals surface area contributed by atoms with E-state index < -0.39 is 0 Å². The molecule has 1 atom stereocenters. The molecule has 0 fully saturated rings. The molecule has 2 aromatic heterocycles. The summed E-state index contributed by atoms with van der Waals surface area (Å²) in [4.78, 5) is 35.2. The van der Waals surface area contributed by atoms with Gasteiger partial charge in [0.1, 0.15) is 0 Å². The van der Waals surface area contributed by atoms with E-state index in [1.807, 2.05) is 52.9 Å². The van der Waals surface area contributed by atoms with Crippen molar-refractivity contribution in [2.24, 2.45) is 0 Å². The highest BCUT2D eigenvalue weighted by molar-refractivity contribution is 6.03. The number of fused-ring (bicyclic) bond motifs is 1. The van der Waals surface area contributed by atoms with E-state index in [-0.39, 0.29) is 30.2 Å². The van der Waals surface area contributed by atoms with Gasteiger partial charge in [0.2, 0.25) is 5.76 Å². The van der Waals surface area contributed by atoms with E-state index >= 15 is 0 Å². The largest absolute Gasteiger partial charge is 0.436 e. The molecule has 4 aromatic rings. The van der Waals surface area contributed by atoms with Crippen LogP contribution in [0.15, 0.2) is 52.9 Å². The number of hydrogen-bond acceptors (Lipinski definition) is 7. The summed E-state index contributed by atoms with van der Waals surface area (Å²) in [5.41, 5.74) is 6.58. The van der Waals surface area contributed by atoms with Gasteiger partial charge in [-0.25, -0.2) is 9.67 Å². The van der Waals surface area contributed by atoms with E-state index in [2.05, 4.69) is 41.2 Å². The minimum Gasteiger partial charge on any atom is -0.436 e. The molecule has 0 saturated carbocycles. The van der Waals surface area contributed by atoms with Crippen LogP contribution in [0.4, 0.5) is 5.69 Å². The lowest BCUT2D eigenvalue weighted by atomic mass is 9.93. The second-order valence-electron chi connectivity index (χ2n) is 12.2. The standard InChI is InChI=1S/C36H46N6O4/c1-6-8-16-40(17-9-7-2)36(45)32-18-24(3)42(39-32)33-15-14-30(38-35(44)34-25(4)37-26(5)46-34)19-29(33)22-41-21-28-13-11-10-12-27(28)20-31(41)23-43/h10-15,18-19,31,43H,6-9,16-17,20-23H2,1-5H3,(H,38,44)/t31-/m0/s1. The van der Waals surface area contributed by atoms with Crippen molar-refractivity contribution in [2.45, 2.75) is 85.9 Å². The number of amides is 2. The molecule has 2 aromatic carbocycles. The Hall–Kier alpha value is -4.28. The van der Waals surface area contributed by atoms with Gasteiger partial charge in [0.05, 0.1) is 18.0 Å². The highest BCUT2D eigenvalue weighted by atomic mass is 16.4. The predicted molar refractivity (Wildman–Crippen MR) is 178 cm³/mol. The van der Waals surface area contributed by atoms with Crippen molar-refractivity contribution in [3.63, 3.8) is 0 Å². The van der Waals surface area contributed by atoms with Crippen LogP contribution in [0.25, 0.3) is 5.69 Å². The maximum atomic E-state index is 13.6. The van der Waals surface area contributed by atoms with E-state index in [1.54, 1.807) is 13.8 Å². The number of oxazole rings is 1. The van der Waals surface area contributed by atoms with Crippen molar-refractivity contribution in [2.75, 3.05) is 25.0 Å². The molecule has 0 aliphatic carbocycles. The third-order valence-corrected chi connectivity index (χ3v) is 8.68. The maximum absolute atomic E-state index is 13.6. The molecule has 5 rings (SSSR count). The first-order valence-electron chi connectivity index (χ1n) is 16.4. The van der Waals surface area contributed by atoms with Crippen molar-refractivity contribution in [1.29, 1.82) is 0 Å². The fourth-order valence-electron chi connectivity index (χ4n) is 6.15. The molecule has 2 N–H and O–H groups in total. The SMILES string of the molecule is CCCCN(CCCC)C(=O)c1cc(C)n(-c2ccc(NC(=O)c3oc(C)nc3C)cc2CN2Cc3ccccc3C[C@H]2CO)n1. The van der Waals surface area contributed by atoms with Crippen molar-refractivity contribution in [3.05, 3.63) is 94.0 Å². The average molecular weight is 627 g/mol. The molecule has 0 bridgehead atoms. The number of hydrogen-bond donors (Lipinski definition) is 2. The number of rotatable bonds is 13. The number of carbonyl (C=O) groups is 2. The summed E-state index contributed by atoms with van der Waals surface area (Å²) in [6, 6.07) is 15.8. The highest BCUT2D eigenvalue weighted by Gasteiger charge is 2.27. The van der Waals surface area contributed by atoms with E-state index in [0.29, 0.717) is 49.1 Å². The summed E-state index contributed by atoms with van der Waals surface area (Å²) in [6.45, 7) is 12.3. The Bertz CT molecular complexity index is 1670. The van der Waals surface area contributed by atoms with Crippen LogP contribution in [0.3, 0.4) is 0 Å². The van der Waals surface area contributed by atoms with Crippen LogP contribution < -0.4 is 5.32 Å². The van der Waals surface area contributed by atoms with Gasteiger partial charge in [0.25, 0.3) is 11.8 Å². The Labute approximate surface area is 271 Å². The molecule has 1 aliphatic heterocycles. The lowest BCUT2D eigenvalue weighted by molar-refractivity contribution is 0.0744. The van der Waals surface area contributed by atoms with Crippen LogP contribution in [0.1, 0.15) is 94.5 Å². The number of aliphatic hydroxyl groups is 1. The second-order valence-corrected chi connectivity index (χ2v) is 12.2. The third kappa shape index (κ3) is 7.40. The number of aliphatic hydroxyl groups excluding tert-OH is 1. The summed E-state index contributed by atoms with van der Waals surface area (Å²) >= 11 is 0. The zero-order chi connectivity index (χ0) is 32.8. The normalized spacial score (nSPS) is 14.7. The molecule has 3 heterocycles. The topological polar surface area (TPSA) is 117 Å². The zero-order valence-electron chi connectivity index (χ0n) is 27.7. The Morgan fingerprint density at radius 2 is 1.74 bits per heavy atom. The summed E-state index contributed by atoms with van der Waals surface area (Å²) in [5, 5.41) is 18.2. The molecule has 0 radical (unpaired) electrons. The van der Waals surface area contributed by atoms with Crippen LogP contribution >= 0.6 is 0 Å². The van der Waals surface area contributed by atoms with Crippen LogP contribution in [0, 0.1) is 20.8 Å². The molecule has 0 saturated heterocycles. The van der Waals surface area contributed by atoms with E-state index in [0.717, 1.165) is 49.0 Å². The number of carbonyl (C=O) groups excluding carboxylic acids is 2. The lowest BCUT2D eigenvalue weighted by Gasteiger charge is -2.36. The fraction of sp³-hybridized carbons (Fsp3) is 0.444. The van der Waals surface area contributed by atoms with Crippen molar-refractivity contribution >= 4 is 17.5 Å². The van der Waals surface area contributed by atoms with Crippen LogP contribution in [0.2, 0.25) is 0 Å². The van der Waals surface area contributed by atoms with Gasteiger partial charge in [-0.3, -0.25) is 14.5 Å². The molecule has 0 unspecified atom stereocenters. The molecule has 10 heteroatoms. The number of aromatic nitrogens is 3. The smallest absolute Gasteiger partial charge is 0.293 e. The Kier molecular flexibility index (Phi) is 10.7. The van der Waals surface area contributed by atoms with Gasteiger partial charge in [0, 0.05) is 50.5 Å².